The van der Waals surface area contributed by atoms with Crippen molar-refractivity contribution in [1.29, 1.82) is 0 Å². The highest BCUT2D eigenvalue weighted by atomic mass is 31.2. The molecule has 0 amide bonds. The van der Waals surface area contributed by atoms with Crippen LogP contribution < -0.4 is 0 Å². The fourth-order valence-corrected chi connectivity index (χ4v) is 13.5. The molecule has 0 aromatic carbocycles. The van der Waals surface area contributed by atoms with Crippen LogP contribution in [0.4, 0.5) is 0 Å². The van der Waals surface area contributed by atoms with E-state index in [0.29, 0.717) is 31.6 Å². The Morgan fingerprint density at radius 3 is 0.732 bits per heavy atom. The van der Waals surface area contributed by atoms with Crippen LogP contribution in [0.5, 0.6) is 0 Å². The van der Waals surface area contributed by atoms with Gasteiger partial charge in [0.05, 0.1) is 26.4 Å². The molecule has 0 rings (SSSR count). The lowest BCUT2D eigenvalue weighted by Crippen LogP contribution is -2.30. The number of rotatable bonds is 75. The number of esters is 4. The second kappa shape index (κ2) is 67.2. The van der Waals surface area contributed by atoms with Crippen molar-refractivity contribution >= 4 is 39.5 Å². The molecule has 0 aliphatic heterocycles. The number of hydrogen-bond acceptors (Lipinski definition) is 15. The van der Waals surface area contributed by atoms with E-state index in [4.69, 9.17) is 37.0 Å². The molecule has 0 heterocycles. The molecule has 0 saturated heterocycles. The van der Waals surface area contributed by atoms with E-state index < -0.39 is 97.5 Å². The molecule has 0 aliphatic carbocycles. The summed E-state index contributed by atoms with van der Waals surface area (Å²) in [6.45, 7) is 14.2. The first-order valence-corrected chi connectivity index (χ1v) is 43.2. The summed E-state index contributed by atoms with van der Waals surface area (Å²) in [6, 6.07) is 0. The molecule has 3 N–H and O–H groups in total. The van der Waals surface area contributed by atoms with Gasteiger partial charge < -0.3 is 33.8 Å². The van der Waals surface area contributed by atoms with Gasteiger partial charge in [-0.15, -0.1) is 0 Å². The average molecular weight is 1420 g/mol. The third-order valence-electron chi connectivity index (χ3n) is 18.4. The highest BCUT2D eigenvalue weighted by Crippen LogP contribution is 2.45. The lowest BCUT2D eigenvalue weighted by molar-refractivity contribution is -0.161. The van der Waals surface area contributed by atoms with Crippen LogP contribution in [0.15, 0.2) is 0 Å². The molecule has 0 spiro atoms. The van der Waals surface area contributed by atoms with Crippen molar-refractivity contribution in [3.05, 3.63) is 0 Å². The minimum absolute atomic E-state index is 0.104. The Balaban J connectivity index is 5.25. The quantitative estimate of drug-likeness (QED) is 0.0222. The molecule has 0 aromatic rings. The maximum atomic E-state index is 13.1. The van der Waals surface area contributed by atoms with Crippen LogP contribution >= 0.6 is 15.6 Å². The highest BCUT2D eigenvalue weighted by molar-refractivity contribution is 7.47. The highest BCUT2D eigenvalue weighted by Gasteiger charge is 2.30. The number of unbranched alkanes of at least 4 members (excludes halogenated alkanes) is 40. The SMILES string of the molecule is CCC(C)CCCCCCCCCCCCCCCCC(=O)O[C@H](COC(=O)CCCCCCCCCCCCCCCCC(C)C)COP(=O)(O)OCC(O)COP(=O)(O)OC[C@@H](COC(=O)CCCCCCCCCC(C)C)OC(=O)CCCCCCCCCCCC(C)C. The molecule has 4 unspecified atom stereocenters. The summed E-state index contributed by atoms with van der Waals surface area (Å²) in [5.41, 5.74) is 0. The molecule has 0 bridgehead atoms. The molecule has 0 aromatic heterocycles. The van der Waals surface area contributed by atoms with Gasteiger partial charge in [-0.2, -0.15) is 0 Å². The first-order chi connectivity index (χ1) is 46.6. The van der Waals surface area contributed by atoms with Gasteiger partial charge in [0.1, 0.15) is 19.3 Å². The lowest BCUT2D eigenvalue weighted by Gasteiger charge is -2.21. The van der Waals surface area contributed by atoms with Gasteiger partial charge in [0.2, 0.25) is 0 Å². The fraction of sp³-hybridized carbons (Fsp3) is 0.949. The van der Waals surface area contributed by atoms with Gasteiger partial charge in [-0.1, -0.05) is 344 Å². The molecular formula is C78H152O17P2. The summed E-state index contributed by atoms with van der Waals surface area (Å²) in [5, 5.41) is 10.6. The van der Waals surface area contributed by atoms with Gasteiger partial charge in [0.15, 0.2) is 12.2 Å². The van der Waals surface area contributed by atoms with E-state index in [9.17, 15) is 43.2 Å². The predicted molar refractivity (Wildman–Crippen MR) is 395 cm³/mol. The zero-order chi connectivity index (χ0) is 71.7. The summed E-state index contributed by atoms with van der Waals surface area (Å²) in [7, 11) is -9.92. The van der Waals surface area contributed by atoms with E-state index in [1.807, 2.05) is 0 Å². The van der Waals surface area contributed by atoms with Crippen LogP contribution in [0.1, 0.15) is 396 Å². The van der Waals surface area contributed by atoms with E-state index in [1.165, 1.54) is 193 Å². The zero-order valence-corrected chi connectivity index (χ0v) is 65.5. The lowest BCUT2D eigenvalue weighted by atomic mass is 9.99. The van der Waals surface area contributed by atoms with Gasteiger partial charge in [0.25, 0.3) is 0 Å². The normalized spacial score (nSPS) is 14.4. The maximum Gasteiger partial charge on any atom is 0.472 e. The van der Waals surface area contributed by atoms with E-state index in [-0.39, 0.29) is 25.7 Å². The first-order valence-electron chi connectivity index (χ1n) is 40.2. The van der Waals surface area contributed by atoms with Crippen LogP contribution in [0, 0.1) is 23.7 Å². The van der Waals surface area contributed by atoms with Crippen molar-refractivity contribution in [1.82, 2.24) is 0 Å². The third-order valence-corrected chi connectivity index (χ3v) is 20.3. The van der Waals surface area contributed by atoms with Crippen molar-refractivity contribution in [2.45, 2.75) is 414 Å². The van der Waals surface area contributed by atoms with Gasteiger partial charge in [-0.05, 0) is 49.4 Å². The van der Waals surface area contributed by atoms with Crippen LogP contribution in [0.3, 0.4) is 0 Å². The smallest absolute Gasteiger partial charge is 0.462 e. The number of phosphoric ester groups is 2. The van der Waals surface area contributed by atoms with Gasteiger partial charge in [-0.25, -0.2) is 9.13 Å². The number of aliphatic hydroxyl groups excluding tert-OH is 1. The summed E-state index contributed by atoms with van der Waals surface area (Å²) in [5.74, 6) is 0.967. The van der Waals surface area contributed by atoms with Crippen LogP contribution in [0.25, 0.3) is 0 Å². The Bertz CT molecular complexity index is 1900. The Hall–Kier alpha value is -1.94. The van der Waals surface area contributed by atoms with E-state index in [2.05, 4.69) is 55.4 Å². The largest absolute Gasteiger partial charge is 0.472 e. The molecule has 576 valence electrons. The molecule has 17 nitrogen and oxygen atoms in total. The topological polar surface area (TPSA) is 237 Å². The van der Waals surface area contributed by atoms with E-state index in [0.717, 1.165) is 114 Å². The van der Waals surface area contributed by atoms with E-state index in [1.54, 1.807) is 0 Å². The van der Waals surface area contributed by atoms with Crippen molar-refractivity contribution < 1.29 is 80.2 Å². The van der Waals surface area contributed by atoms with E-state index >= 15 is 0 Å². The number of carbonyl (C=O) groups is 4. The van der Waals surface area contributed by atoms with Crippen LogP contribution in [-0.2, 0) is 65.4 Å². The maximum absolute atomic E-state index is 13.1. The molecule has 0 radical (unpaired) electrons. The molecule has 6 atom stereocenters. The number of aliphatic hydroxyl groups is 1. The van der Waals surface area contributed by atoms with Crippen molar-refractivity contribution in [2.24, 2.45) is 23.7 Å². The van der Waals surface area contributed by atoms with Crippen LogP contribution in [0.2, 0.25) is 0 Å². The molecule has 0 saturated carbocycles. The van der Waals surface area contributed by atoms with Crippen molar-refractivity contribution in [3.63, 3.8) is 0 Å². The third kappa shape index (κ3) is 70.9. The summed E-state index contributed by atoms with van der Waals surface area (Å²) >= 11 is 0. The summed E-state index contributed by atoms with van der Waals surface area (Å²) < 4.78 is 68.6. The monoisotopic (exact) mass is 1420 g/mol. The molecule has 0 fully saturated rings. The van der Waals surface area contributed by atoms with Crippen molar-refractivity contribution in [2.75, 3.05) is 39.6 Å². The summed E-state index contributed by atoms with van der Waals surface area (Å²) in [6.07, 6.45) is 52.8. The number of phosphoric acid groups is 2. The number of carbonyl (C=O) groups excluding carboxylic acids is 4. The second-order valence-electron chi connectivity index (χ2n) is 29.8. The van der Waals surface area contributed by atoms with Gasteiger partial charge >= 0.3 is 39.5 Å². The first kappa shape index (κ1) is 95.1. The fourth-order valence-electron chi connectivity index (χ4n) is 11.9. The minimum atomic E-state index is -4.96. The predicted octanol–water partition coefficient (Wildman–Crippen LogP) is 22.8. The summed E-state index contributed by atoms with van der Waals surface area (Å²) in [4.78, 5) is 72.9. The number of ether oxygens (including phenoxy) is 4. The van der Waals surface area contributed by atoms with Crippen molar-refractivity contribution in [3.8, 4) is 0 Å². The standard InChI is InChI=1S/C78H152O17P2/c1-9-71(8)57-49-41-33-25-19-15-11-13-17-21-27-35-44-52-60-77(82)94-73(64-88-75(80)58-50-42-34-26-20-16-12-10-14-18-23-30-38-46-54-68(2)3)66-92-96(84,85)90-62-72(79)63-91-97(86,87)93-67-74(65-89-76(81)59-51-43-37-29-32-40-48-56-70(6)7)95-78(83)61-53-45-36-28-22-24-31-39-47-55-69(4)5/h68-74,79H,9-67H2,1-8H3,(H,84,85)(H,86,87)/t71?,72?,73-,74-/m1/s1. The Morgan fingerprint density at radius 1 is 0.289 bits per heavy atom. The molecular weight excluding hydrogens is 1270 g/mol. The average Bonchev–Trinajstić information content (AvgIpc) is 1.48. The zero-order valence-electron chi connectivity index (χ0n) is 63.7. The Labute approximate surface area is 594 Å². The Morgan fingerprint density at radius 2 is 0.495 bits per heavy atom. The number of hydrogen-bond donors (Lipinski definition) is 3. The molecule has 19 heteroatoms. The second-order valence-corrected chi connectivity index (χ2v) is 32.7. The minimum Gasteiger partial charge on any atom is -0.462 e. The van der Waals surface area contributed by atoms with Gasteiger partial charge in [-0.3, -0.25) is 37.3 Å². The Kier molecular flexibility index (Phi) is 65.9. The van der Waals surface area contributed by atoms with Gasteiger partial charge in [0, 0.05) is 25.7 Å². The molecule has 0 aliphatic rings. The molecule has 97 heavy (non-hydrogen) atoms. The van der Waals surface area contributed by atoms with Crippen LogP contribution in [-0.4, -0.2) is 96.7 Å².